The van der Waals surface area contributed by atoms with Crippen LogP contribution in [0, 0.1) is 11.8 Å². The quantitative estimate of drug-likeness (QED) is 0.677. The van der Waals surface area contributed by atoms with Crippen LogP contribution in [0.25, 0.3) is 0 Å². The zero-order valence-electron chi connectivity index (χ0n) is 10.7. The Labute approximate surface area is 116 Å². The summed E-state index contributed by atoms with van der Waals surface area (Å²) in [6.07, 6.45) is 0.537. The minimum atomic E-state index is -1.04. The summed E-state index contributed by atoms with van der Waals surface area (Å²) in [5.41, 5.74) is 0.562. The summed E-state index contributed by atoms with van der Waals surface area (Å²) >= 11 is 1.21. The fourth-order valence-electron chi connectivity index (χ4n) is 1.34. The zero-order chi connectivity index (χ0) is 14.3. The number of aromatic carboxylic acids is 1. The first-order chi connectivity index (χ1) is 9.04. The summed E-state index contributed by atoms with van der Waals surface area (Å²) in [5.74, 6) is 5.72. The normalized spacial score (nSPS) is 9.37. The van der Waals surface area contributed by atoms with E-state index in [0.29, 0.717) is 23.5 Å². The van der Waals surface area contributed by atoms with Crippen molar-refractivity contribution < 1.29 is 19.4 Å². The van der Waals surface area contributed by atoms with Crippen molar-refractivity contribution in [2.45, 2.75) is 13.3 Å². The number of ether oxygens (including phenoxy) is 1. The molecule has 0 bridgehead atoms. The van der Waals surface area contributed by atoms with E-state index in [9.17, 15) is 9.59 Å². The van der Waals surface area contributed by atoms with Gasteiger partial charge in [-0.25, -0.2) is 4.79 Å². The molecule has 1 aromatic carbocycles. The van der Waals surface area contributed by atoms with E-state index in [1.807, 2.05) is 0 Å². The molecule has 5 heteroatoms. The van der Waals surface area contributed by atoms with Crippen LogP contribution in [0.1, 0.15) is 29.3 Å². The summed E-state index contributed by atoms with van der Waals surface area (Å²) < 4.78 is 4.98. The molecule has 0 spiro atoms. The first-order valence-corrected chi connectivity index (χ1v) is 6.56. The third kappa shape index (κ3) is 5.06. The number of benzene rings is 1. The number of carboxylic acids is 1. The van der Waals surface area contributed by atoms with Crippen molar-refractivity contribution >= 4 is 22.8 Å². The fourth-order valence-corrected chi connectivity index (χ4v) is 1.83. The molecular formula is C14H14O4S. The summed E-state index contributed by atoms with van der Waals surface area (Å²) in [6.45, 7) is 1.50. The van der Waals surface area contributed by atoms with Crippen LogP contribution in [0.15, 0.2) is 18.2 Å². The average Bonchev–Trinajstić information content (AvgIpc) is 2.38. The molecule has 0 heterocycles. The lowest BCUT2D eigenvalue weighted by Crippen LogP contribution is -2.00. The van der Waals surface area contributed by atoms with Gasteiger partial charge < -0.3 is 9.84 Å². The van der Waals surface area contributed by atoms with E-state index in [-0.39, 0.29) is 10.7 Å². The Morgan fingerprint density at radius 1 is 1.42 bits per heavy atom. The molecule has 1 aromatic rings. The molecule has 0 aromatic heterocycles. The Kier molecular flexibility index (Phi) is 5.97. The second kappa shape index (κ2) is 7.49. The molecule has 0 aliphatic carbocycles. The molecule has 0 unspecified atom stereocenters. The van der Waals surface area contributed by atoms with Gasteiger partial charge in [-0.1, -0.05) is 23.6 Å². The number of thioether (sulfide) groups is 1. The number of hydrogen-bond donors (Lipinski definition) is 1. The Bertz CT molecular complexity index is 540. The maximum absolute atomic E-state index is 11.1. The third-order valence-electron chi connectivity index (χ3n) is 2.21. The van der Waals surface area contributed by atoms with Gasteiger partial charge in [0.05, 0.1) is 12.7 Å². The maximum atomic E-state index is 11.1. The predicted octanol–water partition coefficient (Wildman–Crippen LogP) is 2.41. The second-order valence-corrected chi connectivity index (χ2v) is 4.88. The number of hydrogen-bond acceptors (Lipinski definition) is 4. The first-order valence-electron chi connectivity index (χ1n) is 5.58. The Morgan fingerprint density at radius 3 is 2.74 bits per heavy atom. The lowest BCUT2D eigenvalue weighted by Gasteiger charge is -2.03. The summed E-state index contributed by atoms with van der Waals surface area (Å²) in [6, 6.07) is 4.73. The molecule has 0 amide bonds. The van der Waals surface area contributed by atoms with Gasteiger partial charge in [0.2, 0.25) is 0 Å². The van der Waals surface area contributed by atoms with Crippen molar-refractivity contribution in [2.75, 3.05) is 12.9 Å². The largest absolute Gasteiger partial charge is 0.497 e. The highest BCUT2D eigenvalue weighted by atomic mass is 32.2. The summed E-state index contributed by atoms with van der Waals surface area (Å²) in [5, 5.41) is 9.14. The van der Waals surface area contributed by atoms with Crippen molar-refractivity contribution in [1.29, 1.82) is 0 Å². The van der Waals surface area contributed by atoms with Crippen LogP contribution in [0.5, 0.6) is 5.75 Å². The van der Waals surface area contributed by atoms with Gasteiger partial charge in [-0.3, -0.25) is 4.79 Å². The molecule has 0 saturated carbocycles. The average molecular weight is 278 g/mol. The monoisotopic (exact) mass is 278 g/mol. The van der Waals surface area contributed by atoms with E-state index in [2.05, 4.69) is 11.8 Å². The lowest BCUT2D eigenvalue weighted by molar-refractivity contribution is -0.109. The molecule has 100 valence electrons. The minimum Gasteiger partial charge on any atom is -0.497 e. The van der Waals surface area contributed by atoms with Crippen LogP contribution in [-0.2, 0) is 4.79 Å². The van der Waals surface area contributed by atoms with Crippen molar-refractivity contribution in [3.63, 3.8) is 0 Å². The zero-order valence-corrected chi connectivity index (χ0v) is 11.5. The molecule has 0 fully saturated rings. The summed E-state index contributed by atoms with van der Waals surface area (Å²) in [4.78, 5) is 21.8. The van der Waals surface area contributed by atoms with E-state index in [4.69, 9.17) is 9.84 Å². The van der Waals surface area contributed by atoms with Crippen LogP contribution < -0.4 is 4.74 Å². The Morgan fingerprint density at radius 2 is 2.16 bits per heavy atom. The van der Waals surface area contributed by atoms with Crippen molar-refractivity contribution in [2.24, 2.45) is 0 Å². The van der Waals surface area contributed by atoms with Crippen molar-refractivity contribution in [3.8, 4) is 17.6 Å². The topological polar surface area (TPSA) is 63.6 Å². The van der Waals surface area contributed by atoms with Crippen LogP contribution in [0.2, 0.25) is 0 Å². The van der Waals surface area contributed by atoms with Gasteiger partial charge in [-0.15, -0.1) is 0 Å². The van der Waals surface area contributed by atoms with Crippen LogP contribution >= 0.6 is 11.8 Å². The van der Waals surface area contributed by atoms with Crippen molar-refractivity contribution in [3.05, 3.63) is 29.3 Å². The molecule has 0 atom stereocenters. The Hall–Kier alpha value is -1.93. The first kappa shape index (κ1) is 15.1. The smallest absolute Gasteiger partial charge is 0.337 e. The van der Waals surface area contributed by atoms with Crippen LogP contribution in [-0.4, -0.2) is 29.1 Å². The number of carbonyl (C=O) groups excluding carboxylic acids is 1. The molecule has 0 saturated heterocycles. The molecule has 0 radical (unpaired) electrons. The highest BCUT2D eigenvalue weighted by Gasteiger charge is 2.09. The highest BCUT2D eigenvalue weighted by molar-refractivity contribution is 8.13. The van der Waals surface area contributed by atoms with Crippen LogP contribution in [0.4, 0.5) is 0 Å². The highest BCUT2D eigenvalue weighted by Crippen LogP contribution is 2.17. The van der Waals surface area contributed by atoms with Crippen molar-refractivity contribution in [1.82, 2.24) is 0 Å². The number of carboxylic acid groups (broad SMARTS) is 1. The van der Waals surface area contributed by atoms with E-state index >= 15 is 0 Å². The lowest BCUT2D eigenvalue weighted by atomic mass is 10.1. The minimum absolute atomic E-state index is 0.0532. The van der Waals surface area contributed by atoms with E-state index < -0.39 is 5.97 Å². The molecule has 0 aliphatic heterocycles. The molecule has 4 nitrogen and oxygen atoms in total. The third-order valence-corrected chi connectivity index (χ3v) is 3.03. The number of rotatable bonds is 4. The second-order valence-electron chi connectivity index (χ2n) is 3.61. The Balaban J connectivity index is 2.80. The van der Waals surface area contributed by atoms with Gasteiger partial charge in [0.15, 0.2) is 5.12 Å². The van der Waals surface area contributed by atoms with E-state index in [1.165, 1.54) is 31.9 Å². The fraction of sp³-hybridized carbons (Fsp3) is 0.286. The molecular weight excluding hydrogens is 264 g/mol. The van der Waals surface area contributed by atoms with E-state index in [1.54, 1.807) is 12.1 Å². The van der Waals surface area contributed by atoms with Gasteiger partial charge in [0, 0.05) is 24.7 Å². The molecule has 1 N–H and O–H groups in total. The molecule has 1 rings (SSSR count). The van der Waals surface area contributed by atoms with Crippen LogP contribution in [0.3, 0.4) is 0 Å². The maximum Gasteiger partial charge on any atom is 0.337 e. The van der Waals surface area contributed by atoms with Gasteiger partial charge in [-0.2, -0.15) is 0 Å². The SMILES string of the molecule is COc1ccc(C#CCCSC(C)=O)c(C(=O)O)c1. The number of methoxy groups -OCH3 is 1. The predicted molar refractivity (Wildman–Crippen MR) is 74.6 cm³/mol. The van der Waals surface area contributed by atoms with Gasteiger partial charge >= 0.3 is 5.97 Å². The molecule has 19 heavy (non-hydrogen) atoms. The van der Waals surface area contributed by atoms with Gasteiger partial charge in [0.1, 0.15) is 5.75 Å². The number of carbonyl (C=O) groups is 2. The van der Waals surface area contributed by atoms with Gasteiger partial charge in [0.25, 0.3) is 0 Å². The van der Waals surface area contributed by atoms with E-state index in [0.717, 1.165) is 0 Å². The standard InChI is InChI=1S/C14H14O4S/c1-10(15)19-8-4-3-5-11-6-7-12(18-2)9-13(11)14(16)17/h6-7,9H,4,8H2,1-2H3,(H,16,17). The van der Waals surface area contributed by atoms with Gasteiger partial charge in [-0.05, 0) is 18.2 Å². The molecule has 0 aliphatic rings. The summed E-state index contributed by atoms with van der Waals surface area (Å²) in [7, 11) is 1.48.